The van der Waals surface area contributed by atoms with Gasteiger partial charge in [-0.3, -0.25) is 4.79 Å². The molecule has 0 bridgehead atoms. The molecule has 110 valence electrons. The molecule has 0 saturated carbocycles. The van der Waals surface area contributed by atoms with E-state index in [1.54, 1.807) is 6.92 Å². The van der Waals surface area contributed by atoms with Gasteiger partial charge in [0.05, 0.1) is 0 Å². The van der Waals surface area contributed by atoms with E-state index in [4.69, 9.17) is 0 Å². The number of aliphatic carboxylic acids is 1. The van der Waals surface area contributed by atoms with Gasteiger partial charge in [0.2, 0.25) is 0 Å². The summed E-state index contributed by atoms with van der Waals surface area (Å²) >= 11 is 0. The molecule has 3 nitrogen and oxygen atoms in total. The molecule has 0 amide bonds. The lowest BCUT2D eigenvalue weighted by Gasteiger charge is -2.26. The van der Waals surface area contributed by atoms with Crippen LogP contribution >= 0.6 is 0 Å². The Balaban J connectivity index is 1.96. The van der Waals surface area contributed by atoms with Crippen LogP contribution in [0.4, 0.5) is 0 Å². The highest BCUT2D eigenvalue weighted by Gasteiger charge is 2.32. The van der Waals surface area contributed by atoms with E-state index in [0.29, 0.717) is 13.0 Å². The number of nitrogens with one attached hydrogen (secondary N) is 1. The first kappa shape index (κ1) is 15.3. The minimum Gasteiger partial charge on any atom is -0.480 e. The highest BCUT2D eigenvalue weighted by atomic mass is 16.4. The summed E-state index contributed by atoms with van der Waals surface area (Å²) in [6.45, 7) is 2.38. The molecular weight excluding hydrogens is 262 g/mol. The van der Waals surface area contributed by atoms with Crippen LogP contribution in [0.3, 0.4) is 0 Å². The molecule has 0 aliphatic rings. The average Bonchev–Trinajstić information content (AvgIpc) is 2.49. The van der Waals surface area contributed by atoms with Gasteiger partial charge < -0.3 is 10.4 Å². The van der Waals surface area contributed by atoms with E-state index < -0.39 is 11.5 Å². The average molecular weight is 283 g/mol. The molecule has 0 radical (unpaired) electrons. The standard InChI is InChI=1S/C18H21NO2/c1-18(17(20)21,14-16-10-6-3-7-11-16)19-13-12-15-8-4-2-5-9-15/h2-11,19H,12-14H2,1H3,(H,20,21). The fraction of sp³-hybridized carbons (Fsp3) is 0.278. The van der Waals surface area contributed by atoms with E-state index in [9.17, 15) is 9.90 Å². The Kier molecular flexibility index (Phi) is 5.12. The first-order valence-corrected chi connectivity index (χ1v) is 7.16. The molecule has 21 heavy (non-hydrogen) atoms. The molecule has 3 heteroatoms. The summed E-state index contributed by atoms with van der Waals surface area (Å²) in [6, 6.07) is 19.8. The van der Waals surface area contributed by atoms with E-state index >= 15 is 0 Å². The third-order valence-corrected chi connectivity index (χ3v) is 3.64. The van der Waals surface area contributed by atoms with Crippen LogP contribution in [0.2, 0.25) is 0 Å². The van der Waals surface area contributed by atoms with Crippen LogP contribution in [0.25, 0.3) is 0 Å². The number of hydrogen-bond acceptors (Lipinski definition) is 2. The summed E-state index contributed by atoms with van der Waals surface area (Å²) in [6.07, 6.45) is 1.29. The second-order valence-electron chi connectivity index (χ2n) is 5.46. The van der Waals surface area contributed by atoms with Gasteiger partial charge >= 0.3 is 5.97 Å². The molecule has 1 atom stereocenters. The molecule has 2 N–H and O–H groups in total. The first-order chi connectivity index (χ1) is 10.1. The largest absolute Gasteiger partial charge is 0.480 e. The van der Waals surface area contributed by atoms with E-state index in [1.165, 1.54) is 5.56 Å². The highest BCUT2D eigenvalue weighted by Crippen LogP contribution is 2.14. The first-order valence-electron chi connectivity index (χ1n) is 7.16. The van der Waals surface area contributed by atoms with Crippen molar-refractivity contribution in [3.05, 3.63) is 71.8 Å². The Labute approximate surface area is 125 Å². The van der Waals surface area contributed by atoms with Crippen molar-refractivity contribution in [2.24, 2.45) is 0 Å². The molecule has 1 unspecified atom stereocenters. The number of carboxylic acid groups (broad SMARTS) is 1. The molecule has 2 rings (SSSR count). The molecule has 0 saturated heterocycles. The van der Waals surface area contributed by atoms with Crippen LogP contribution in [0.5, 0.6) is 0 Å². The van der Waals surface area contributed by atoms with Gasteiger partial charge in [-0.2, -0.15) is 0 Å². The summed E-state index contributed by atoms with van der Waals surface area (Å²) in [4.78, 5) is 11.6. The van der Waals surface area contributed by atoms with E-state index in [2.05, 4.69) is 17.4 Å². The fourth-order valence-electron chi connectivity index (χ4n) is 2.35. The molecule has 0 spiro atoms. The quantitative estimate of drug-likeness (QED) is 0.821. The molecule has 0 aliphatic heterocycles. The fourth-order valence-corrected chi connectivity index (χ4v) is 2.35. The number of benzene rings is 2. The van der Waals surface area contributed by atoms with E-state index in [0.717, 1.165) is 12.0 Å². The van der Waals surface area contributed by atoms with Crippen LogP contribution in [0, 0.1) is 0 Å². The van der Waals surface area contributed by atoms with Crippen molar-refractivity contribution in [3.8, 4) is 0 Å². The number of rotatable bonds is 7. The van der Waals surface area contributed by atoms with Crippen molar-refractivity contribution in [2.45, 2.75) is 25.3 Å². The maximum atomic E-state index is 11.6. The van der Waals surface area contributed by atoms with E-state index in [-0.39, 0.29) is 0 Å². The molecule has 0 fully saturated rings. The van der Waals surface area contributed by atoms with Crippen LogP contribution < -0.4 is 5.32 Å². The smallest absolute Gasteiger partial charge is 0.323 e. The Morgan fingerprint density at radius 3 is 2.05 bits per heavy atom. The van der Waals surface area contributed by atoms with Crippen molar-refractivity contribution in [3.63, 3.8) is 0 Å². The van der Waals surface area contributed by atoms with Crippen LogP contribution in [-0.4, -0.2) is 23.2 Å². The second kappa shape index (κ2) is 7.04. The van der Waals surface area contributed by atoms with Crippen molar-refractivity contribution < 1.29 is 9.90 Å². The lowest BCUT2D eigenvalue weighted by Crippen LogP contribution is -2.51. The van der Waals surface area contributed by atoms with Gasteiger partial charge in [0.1, 0.15) is 5.54 Å². The van der Waals surface area contributed by atoms with Gasteiger partial charge in [-0.15, -0.1) is 0 Å². The third-order valence-electron chi connectivity index (χ3n) is 3.64. The van der Waals surface area contributed by atoms with Crippen LogP contribution in [0.15, 0.2) is 60.7 Å². The Morgan fingerprint density at radius 2 is 1.52 bits per heavy atom. The predicted molar refractivity (Wildman–Crippen MR) is 84.3 cm³/mol. The highest BCUT2D eigenvalue weighted by molar-refractivity contribution is 5.78. The lowest BCUT2D eigenvalue weighted by molar-refractivity contribution is -0.144. The molecule has 2 aromatic carbocycles. The minimum atomic E-state index is -0.948. The van der Waals surface area contributed by atoms with E-state index in [1.807, 2.05) is 48.5 Å². The van der Waals surface area contributed by atoms with Crippen LogP contribution in [-0.2, 0) is 17.6 Å². The zero-order valence-corrected chi connectivity index (χ0v) is 12.3. The minimum absolute atomic E-state index is 0.470. The topological polar surface area (TPSA) is 49.3 Å². The zero-order valence-electron chi connectivity index (χ0n) is 12.3. The zero-order chi connectivity index (χ0) is 15.1. The number of carboxylic acids is 1. The van der Waals surface area contributed by atoms with Gasteiger partial charge in [-0.1, -0.05) is 60.7 Å². The lowest BCUT2D eigenvalue weighted by atomic mass is 9.92. The Hall–Kier alpha value is -2.13. The normalized spacial score (nSPS) is 13.6. The molecule has 0 aromatic heterocycles. The number of hydrogen-bond donors (Lipinski definition) is 2. The summed E-state index contributed by atoms with van der Waals surface area (Å²) < 4.78 is 0. The SMILES string of the molecule is CC(Cc1ccccc1)(NCCc1ccccc1)C(=O)O. The number of carbonyl (C=O) groups is 1. The monoisotopic (exact) mass is 283 g/mol. The van der Waals surface area contributed by atoms with Gasteiger partial charge in [0.25, 0.3) is 0 Å². The summed E-state index contributed by atoms with van der Waals surface area (Å²) in [5.74, 6) is -0.820. The van der Waals surface area contributed by atoms with Crippen molar-refractivity contribution in [1.82, 2.24) is 5.32 Å². The summed E-state index contributed by atoms with van der Waals surface area (Å²) in [5.41, 5.74) is 1.28. The maximum absolute atomic E-state index is 11.6. The molecule has 0 aliphatic carbocycles. The van der Waals surface area contributed by atoms with Crippen LogP contribution in [0.1, 0.15) is 18.1 Å². The molecular formula is C18H21NO2. The van der Waals surface area contributed by atoms with Gasteiger partial charge in [-0.25, -0.2) is 0 Å². The van der Waals surface area contributed by atoms with Crippen molar-refractivity contribution in [1.29, 1.82) is 0 Å². The van der Waals surface area contributed by atoms with Gasteiger partial charge in [0.15, 0.2) is 0 Å². The van der Waals surface area contributed by atoms with Crippen molar-refractivity contribution >= 4 is 5.97 Å². The summed E-state index contributed by atoms with van der Waals surface area (Å²) in [5, 5.41) is 12.7. The maximum Gasteiger partial charge on any atom is 0.323 e. The third kappa shape index (κ3) is 4.43. The van der Waals surface area contributed by atoms with Gasteiger partial charge in [0, 0.05) is 13.0 Å². The Bertz CT molecular complexity index is 568. The Morgan fingerprint density at radius 1 is 1.00 bits per heavy atom. The predicted octanol–water partition coefficient (Wildman–Crippen LogP) is 2.90. The molecule has 0 heterocycles. The summed E-state index contributed by atoms with van der Waals surface area (Å²) in [7, 11) is 0. The molecule has 2 aromatic rings. The second-order valence-corrected chi connectivity index (χ2v) is 5.46. The van der Waals surface area contributed by atoms with Gasteiger partial charge in [-0.05, 0) is 24.5 Å². The van der Waals surface area contributed by atoms with Crippen molar-refractivity contribution in [2.75, 3.05) is 6.54 Å².